The van der Waals surface area contributed by atoms with Gasteiger partial charge in [-0.25, -0.2) is 9.07 Å². The molecule has 3 aromatic rings. The summed E-state index contributed by atoms with van der Waals surface area (Å²) in [6.07, 6.45) is -0.163. The topological polar surface area (TPSA) is 71.2 Å². The molecule has 0 aliphatic carbocycles. The molecule has 2 unspecified atom stereocenters. The monoisotopic (exact) mass is 340 g/mol. The number of β-amino-alcohol motifs (C(OH)–C–C–N with tert-alkyl or cyclic N) is 1. The molecule has 2 heterocycles. The molecule has 1 fully saturated rings. The number of amides is 1. The Balaban J connectivity index is 1.67. The van der Waals surface area contributed by atoms with Crippen LogP contribution in [0.3, 0.4) is 0 Å². The lowest BCUT2D eigenvalue weighted by atomic mass is 10.0. The first-order valence-electron chi connectivity index (χ1n) is 8.07. The Morgan fingerprint density at radius 2 is 2.00 bits per heavy atom. The maximum absolute atomic E-state index is 13.2. The number of halogens is 1. The average Bonchev–Trinajstić information content (AvgIpc) is 3.18. The number of benzene rings is 2. The highest BCUT2D eigenvalue weighted by molar-refractivity contribution is 5.97. The standard InChI is InChI=1S/C18H17FN4O2/c1-22-16-7-4-12(8-15(16)20-21-22)18(25)23-10-14(24)9-17(23)11-2-5-13(19)6-3-11/h2-8,14,17,24H,9-10H2,1H3. The number of rotatable bonds is 2. The highest BCUT2D eigenvalue weighted by Gasteiger charge is 2.35. The van der Waals surface area contributed by atoms with Crippen molar-refractivity contribution in [3.8, 4) is 0 Å². The first kappa shape index (κ1) is 15.7. The summed E-state index contributed by atoms with van der Waals surface area (Å²) in [6.45, 7) is 0.249. The van der Waals surface area contributed by atoms with Gasteiger partial charge in [0.25, 0.3) is 5.91 Å². The molecule has 25 heavy (non-hydrogen) atoms. The van der Waals surface area contributed by atoms with E-state index >= 15 is 0 Å². The Bertz CT molecular complexity index is 938. The molecule has 1 aliphatic heterocycles. The highest BCUT2D eigenvalue weighted by Crippen LogP contribution is 2.33. The third kappa shape index (κ3) is 2.76. The van der Waals surface area contributed by atoms with E-state index in [4.69, 9.17) is 0 Å². The third-order valence-corrected chi connectivity index (χ3v) is 4.65. The van der Waals surface area contributed by atoms with Crippen LogP contribution in [0.1, 0.15) is 28.4 Å². The van der Waals surface area contributed by atoms with E-state index in [-0.39, 0.29) is 24.3 Å². The second-order valence-electron chi connectivity index (χ2n) is 6.33. The Kier molecular flexibility index (Phi) is 3.73. The molecule has 6 nitrogen and oxygen atoms in total. The Morgan fingerprint density at radius 3 is 2.76 bits per heavy atom. The number of carbonyl (C=O) groups excluding carboxylic acids is 1. The number of carbonyl (C=O) groups is 1. The van der Waals surface area contributed by atoms with Crippen LogP contribution in [0.5, 0.6) is 0 Å². The lowest BCUT2D eigenvalue weighted by molar-refractivity contribution is 0.0716. The summed E-state index contributed by atoms with van der Waals surface area (Å²) in [5.74, 6) is -0.508. The number of aliphatic hydroxyl groups is 1. The van der Waals surface area contributed by atoms with Crippen molar-refractivity contribution in [2.45, 2.75) is 18.6 Å². The smallest absolute Gasteiger partial charge is 0.254 e. The minimum atomic E-state index is -0.598. The van der Waals surface area contributed by atoms with Crippen LogP contribution in [0.4, 0.5) is 4.39 Å². The van der Waals surface area contributed by atoms with E-state index in [0.717, 1.165) is 11.1 Å². The van der Waals surface area contributed by atoms with Gasteiger partial charge in [0.15, 0.2) is 0 Å². The number of hydrogen-bond acceptors (Lipinski definition) is 4. The molecule has 1 N–H and O–H groups in total. The predicted octanol–water partition coefficient (Wildman–Crippen LogP) is 2.06. The van der Waals surface area contributed by atoms with Crippen LogP contribution in [0.15, 0.2) is 42.5 Å². The quantitative estimate of drug-likeness (QED) is 0.775. The molecule has 128 valence electrons. The summed E-state index contributed by atoms with van der Waals surface area (Å²) in [5, 5.41) is 18.0. The van der Waals surface area contributed by atoms with Crippen molar-refractivity contribution in [1.29, 1.82) is 0 Å². The summed E-state index contributed by atoms with van der Waals surface area (Å²) >= 11 is 0. The van der Waals surface area contributed by atoms with Gasteiger partial charge < -0.3 is 10.0 Å². The molecule has 0 spiro atoms. The molecule has 1 aliphatic rings. The third-order valence-electron chi connectivity index (χ3n) is 4.65. The highest BCUT2D eigenvalue weighted by atomic mass is 19.1. The van der Waals surface area contributed by atoms with Crippen LogP contribution >= 0.6 is 0 Å². The van der Waals surface area contributed by atoms with E-state index in [1.54, 1.807) is 40.9 Å². The number of fused-ring (bicyclic) bond motifs is 1. The van der Waals surface area contributed by atoms with Crippen molar-refractivity contribution >= 4 is 16.9 Å². The second-order valence-corrected chi connectivity index (χ2v) is 6.33. The van der Waals surface area contributed by atoms with E-state index in [1.165, 1.54) is 12.1 Å². The molecule has 4 rings (SSSR count). The normalized spacial score (nSPS) is 20.4. The molecule has 0 bridgehead atoms. The lowest BCUT2D eigenvalue weighted by Crippen LogP contribution is -2.31. The van der Waals surface area contributed by atoms with Gasteiger partial charge in [0.1, 0.15) is 11.3 Å². The first-order valence-corrected chi connectivity index (χ1v) is 8.07. The number of hydrogen-bond donors (Lipinski definition) is 1. The van der Waals surface area contributed by atoms with E-state index in [0.29, 0.717) is 17.5 Å². The summed E-state index contributed by atoms with van der Waals surface area (Å²) in [5.41, 5.74) is 2.79. The van der Waals surface area contributed by atoms with Gasteiger partial charge in [-0.05, 0) is 42.3 Å². The Labute approximate surface area is 143 Å². The largest absolute Gasteiger partial charge is 0.391 e. The lowest BCUT2D eigenvalue weighted by Gasteiger charge is -2.25. The van der Waals surface area contributed by atoms with Gasteiger partial charge in [-0.1, -0.05) is 17.3 Å². The molecule has 7 heteroatoms. The van der Waals surface area contributed by atoms with Crippen LogP contribution in [0.2, 0.25) is 0 Å². The van der Waals surface area contributed by atoms with E-state index in [1.807, 2.05) is 6.07 Å². The molecule has 1 amide bonds. The molecule has 2 atom stereocenters. The fourth-order valence-corrected chi connectivity index (χ4v) is 3.38. The van der Waals surface area contributed by atoms with Crippen molar-refractivity contribution in [3.05, 3.63) is 59.4 Å². The van der Waals surface area contributed by atoms with Crippen molar-refractivity contribution < 1.29 is 14.3 Å². The van der Waals surface area contributed by atoms with Crippen LogP contribution < -0.4 is 0 Å². The van der Waals surface area contributed by atoms with E-state index in [2.05, 4.69) is 10.3 Å². The van der Waals surface area contributed by atoms with Gasteiger partial charge in [-0.3, -0.25) is 4.79 Å². The first-order chi connectivity index (χ1) is 12.0. The van der Waals surface area contributed by atoms with Crippen molar-refractivity contribution in [2.24, 2.45) is 7.05 Å². The zero-order valence-corrected chi connectivity index (χ0v) is 13.6. The van der Waals surface area contributed by atoms with Gasteiger partial charge in [0.2, 0.25) is 0 Å². The van der Waals surface area contributed by atoms with Gasteiger partial charge in [-0.15, -0.1) is 5.10 Å². The fraction of sp³-hybridized carbons (Fsp3) is 0.278. The predicted molar refractivity (Wildman–Crippen MR) is 89.3 cm³/mol. The maximum Gasteiger partial charge on any atom is 0.254 e. The number of aliphatic hydroxyl groups excluding tert-OH is 1. The molecular formula is C18H17FN4O2. The van der Waals surface area contributed by atoms with Crippen LogP contribution in [-0.2, 0) is 7.05 Å². The van der Waals surface area contributed by atoms with Crippen LogP contribution in [0.25, 0.3) is 11.0 Å². The summed E-state index contributed by atoms with van der Waals surface area (Å²) < 4.78 is 14.8. The number of likely N-dealkylation sites (tertiary alicyclic amines) is 1. The summed E-state index contributed by atoms with van der Waals surface area (Å²) in [6, 6.07) is 11.0. The van der Waals surface area contributed by atoms with Crippen LogP contribution in [-0.4, -0.2) is 43.6 Å². The molecule has 1 saturated heterocycles. The minimum absolute atomic E-state index is 0.182. The van der Waals surface area contributed by atoms with Crippen molar-refractivity contribution in [1.82, 2.24) is 19.9 Å². The molecule has 0 radical (unpaired) electrons. The summed E-state index contributed by atoms with van der Waals surface area (Å²) in [7, 11) is 1.79. The Morgan fingerprint density at radius 1 is 1.24 bits per heavy atom. The zero-order chi connectivity index (χ0) is 17.6. The number of aromatic nitrogens is 3. The minimum Gasteiger partial charge on any atom is -0.391 e. The van der Waals surface area contributed by atoms with Crippen LogP contribution in [0, 0.1) is 5.82 Å². The SMILES string of the molecule is Cn1nnc2cc(C(=O)N3CC(O)CC3c3ccc(F)cc3)ccc21. The van der Waals surface area contributed by atoms with Gasteiger partial charge in [0.05, 0.1) is 17.7 Å². The number of nitrogens with zero attached hydrogens (tertiary/aromatic N) is 4. The van der Waals surface area contributed by atoms with Gasteiger partial charge >= 0.3 is 0 Å². The molecule has 2 aromatic carbocycles. The van der Waals surface area contributed by atoms with Gasteiger partial charge in [-0.2, -0.15) is 0 Å². The van der Waals surface area contributed by atoms with Crippen molar-refractivity contribution in [3.63, 3.8) is 0 Å². The second kappa shape index (κ2) is 5.93. The number of aryl methyl sites for hydroxylation is 1. The summed E-state index contributed by atoms with van der Waals surface area (Å²) in [4.78, 5) is 14.6. The average molecular weight is 340 g/mol. The van der Waals surface area contributed by atoms with E-state index in [9.17, 15) is 14.3 Å². The molecule has 0 saturated carbocycles. The Hall–Kier alpha value is -2.80. The molecular weight excluding hydrogens is 323 g/mol. The van der Waals surface area contributed by atoms with E-state index < -0.39 is 6.10 Å². The maximum atomic E-state index is 13.2. The van der Waals surface area contributed by atoms with Crippen molar-refractivity contribution in [2.75, 3.05) is 6.54 Å². The fourth-order valence-electron chi connectivity index (χ4n) is 3.38. The van der Waals surface area contributed by atoms with Gasteiger partial charge in [0, 0.05) is 19.2 Å². The zero-order valence-electron chi connectivity index (χ0n) is 13.6. The molecule has 1 aromatic heterocycles.